The monoisotopic (exact) mass is 414 g/mol. The number of carbonyl (C=O) groups excluding carboxylic acids is 1. The molecule has 1 aromatic heterocycles. The standard InChI is InChI=1S/C15H19IN4O2/c1-10-18-20(15(2,3)4)14(22)19(10)9-13(21)17-12-7-5-6-11(16)8-12/h5-8H,9H2,1-4H3,(H,17,21). The van der Waals surface area contributed by atoms with Gasteiger partial charge in [0, 0.05) is 9.26 Å². The molecule has 118 valence electrons. The average molecular weight is 414 g/mol. The highest BCUT2D eigenvalue weighted by molar-refractivity contribution is 14.1. The second-order valence-electron chi connectivity index (χ2n) is 6.06. The second-order valence-corrected chi connectivity index (χ2v) is 7.30. The molecule has 7 heteroatoms. The molecular formula is C15H19IN4O2. The van der Waals surface area contributed by atoms with Gasteiger partial charge in [0.15, 0.2) is 0 Å². The number of anilines is 1. The molecule has 1 aromatic carbocycles. The summed E-state index contributed by atoms with van der Waals surface area (Å²) in [5.74, 6) is 0.276. The van der Waals surface area contributed by atoms with Crippen LogP contribution < -0.4 is 11.0 Å². The maximum atomic E-state index is 12.4. The molecule has 1 N–H and O–H groups in total. The van der Waals surface area contributed by atoms with Crippen molar-refractivity contribution in [3.8, 4) is 0 Å². The van der Waals surface area contributed by atoms with Crippen molar-refractivity contribution < 1.29 is 4.79 Å². The molecule has 0 aliphatic rings. The zero-order chi connectivity index (χ0) is 16.5. The van der Waals surface area contributed by atoms with E-state index in [9.17, 15) is 9.59 Å². The molecular weight excluding hydrogens is 395 g/mol. The fraction of sp³-hybridized carbons (Fsp3) is 0.400. The maximum absolute atomic E-state index is 12.4. The molecule has 2 aromatic rings. The van der Waals surface area contributed by atoms with Crippen LogP contribution in [0.3, 0.4) is 0 Å². The van der Waals surface area contributed by atoms with Crippen molar-refractivity contribution in [2.24, 2.45) is 0 Å². The van der Waals surface area contributed by atoms with Gasteiger partial charge in [0.1, 0.15) is 12.4 Å². The number of hydrogen-bond acceptors (Lipinski definition) is 3. The molecule has 0 unspecified atom stereocenters. The molecule has 0 aliphatic carbocycles. The first-order valence-electron chi connectivity index (χ1n) is 6.91. The minimum atomic E-state index is -0.418. The van der Waals surface area contributed by atoms with Crippen molar-refractivity contribution in [2.75, 3.05) is 5.32 Å². The third-order valence-electron chi connectivity index (χ3n) is 3.09. The van der Waals surface area contributed by atoms with E-state index in [0.29, 0.717) is 11.5 Å². The summed E-state index contributed by atoms with van der Waals surface area (Å²) in [6.07, 6.45) is 0. The smallest absolute Gasteiger partial charge is 0.324 e. The maximum Gasteiger partial charge on any atom is 0.346 e. The fourth-order valence-corrected chi connectivity index (χ4v) is 2.57. The van der Waals surface area contributed by atoms with Gasteiger partial charge in [-0.3, -0.25) is 9.36 Å². The van der Waals surface area contributed by atoms with E-state index in [2.05, 4.69) is 33.0 Å². The van der Waals surface area contributed by atoms with Crippen LogP contribution in [0.25, 0.3) is 0 Å². The minimum Gasteiger partial charge on any atom is -0.324 e. The molecule has 22 heavy (non-hydrogen) atoms. The number of halogens is 1. The molecule has 0 saturated heterocycles. The molecule has 1 heterocycles. The Bertz CT molecular complexity index is 756. The van der Waals surface area contributed by atoms with E-state index in [1.807, 2.05) is 45.0 Å². The highest BCUT2D eigenvalue weighted by Crippen LogP contribution is 2.13. The lowest BCUT2D eigenvalue weighted by Crippen LogP contribution is -2.37. The van der Waals surface area contributed by atoms with E-state index in [4.69, 9.17) is 0 Å². The summed E-state index contributed by atoms with van der Waals surface area (Å²) in [5, 5.41) is 7.03. The van der Waals surface area contributed by atoms with E-state index in [1.165, 1.54) is 9.25 Å². The SMILES string of the molecule is Cc1nn(C(C)(C)C)c(=O)n1CC(=O)Nc1cccc(I)c1. The zero-order valence-corrected chi connectivity index (χ0v) is 15.2. The van der Waals surface area contributed by atoms with Gasteiger partial charge in [0.05, 0.1) is 5.54 Å². The first-order valence-corrected chi connectivity index (χ1v) is 7.99. The molecule has 0 atom stereocenters. The summed E-state index contributed by atoms with van der Waals surface area (Å²) in [6, 6.07) is 7.49. The lowest BCUT2D eigenvalue weighted by atomic mass is 10.1. The summed E-state index contributed by atoms with van der Waals surface area (Å²) in [6.45, 7) is 7.38. The van der Waals surface area contributed by atoms with Crippen LogP contribution in [-0.2, 0) is 16.9 Å². The van der Waals surface area contributed by atoms with E-state index in [1.54, 1.807) is 6.92 Å². The van der Waals surface area contributed by atoms with Gasteiger partial charge in [-0.15, -0.1) is 0 Å². The zero-order valence-electron chi connectivity index (χ0n) is 13.1. The van der Waals surface area contributed by atoms with Crippen LogP contribution in [0, 0.1) is 10.5 Å². The number of carbonyl (C=O) groups is 1. The van der Waals surface area contributed by atoms with Crippen molar-refractivity contribution in [1.82, 2.24) is 14.3 Å². The van der Waals surface area contributed by atoms with Crippen LogP contribution in [0.15, 0.2) is 29.1 Å². The molecule has 0 fully saturated rings. The van der Waals surface area contributed by atoms with E-state index >= 15 is 0 Å². The first kappa shape index (κ1) is 16.7. The van der Waals surface area contributed by atoms with Gasteiger partial charge in [-0.2, -0.15) is 5.10 Å². The fourth-order valence-electron chi connectivity index (χ4n) is 2.02. The predicted octanol–water partition coefficient (Wildman–Crippen LogP) is 2.35. The van der Waals surface area contributed by atoms with Crippen LogP contribution in [-0.4, -0.2) is 20.3 Å². The van der Waals surface area contributed by atoms with Gasteiger partial charge in [0.25, 0.3) is 0 Å². The summed E-state index contributed by atoms with van der Waals surface area (Å²) in [4.78, 5) is 24.5. The number of hydrogen-bond donors (Lipinski definition) is 1. The van der Waals surface area contributed by atoms with E-state index in [0.717, 1.165) is 3.57 Å². The number of amides is 1. The van der Waals surface area contributed by atoms with Crippen molar-refractivity contribution in [2.45, 2.75) is 39.8 Å². The van der Waals surface area contributed by atoms with Gasteiger partial charge in [0.2, 0.25) is 5.91 Å². The van der Waals surface area contributed by atoms with Crippen molar-refractivity contribution in [1.29, 1.82) is 0 Å². The van der Waals surface area contributed by atoms with E-state index < -0.39 is 5.54 Å². The Kier molecular flexibility index (Phi) is 4.74. The van der Waals surface area contributed by atoms with Crippen molar-refractivity contribution in [3.63, 3.8) is 0 Å². The number of benzene rings is 1. The normalized spacial score (nSPS) is 11.5. The van der Waals surface area contributed by atoms with Gasteiger partial charge in [-0.05, 0) is 68.5 Å². The quantitative estimate of drug-likeness (QED) is 0.785. The molecule has 2 rings (SSSR count). The Morgan fingerprint density at radius 3 is 2.59 bits per heavy atom. The van der Waals surface area contributed by atoms with Gasteiger partial charge in [-0.25, -0.2) is 9.48 Å². The third kappa shape index (κ3) is 3.76. The van der Waals surface area contributed by atoms with Crippen LogP contribution in [0.2, 0.25) is 0 Å². The minimum absolute atomic E-state index is 0.0494. The number of aryl methyl sites for hydroxylation is 1. The first-order chi connectivity index (χ1) is 10.2. The Morgan fingerprint density at radius 1 is 1.36 bits per heavy atom. The lowest BCUT2D eigenvalue weighted by Gasteiger charge is -2.16. The van der Waals surface area contributed by atoms with Gasteiger partial charge in [-0.1, -0.05) is 6.07 Å². The Morgan fingerprint density at radius 2 is 2.05 bits per heavy atom. The number of nitrogens with zero attached hydrogens (tertiary/aromatic N) is 3. The molecule has 0 spiro atoms. The van der Waals surface area contributed by atoms with Gasteiger partial charge < -0.3 is 5.32 Å². The largest absolute Gasteiger partial charge is 0.346 e. The summed E-state index contributed by atoms with van der Waals surface area (Å²) in [5.41, 5.74) is 0.0210. The van der Waals surface area contributed by atoms with Crippen LogP contribution in [0.1, 0.15) is 26.6 Å². The highest BCUT2D eigenvalue weighted by Gasteiger charge is 2.21. The van der Waals surface area contributed by atoms with Crippen LogP contribution in [0.5, 0.6) is 0 Å². The summed E-state index contributed by atoms with van der Waals surface area (Å²) < 4.78 is 3.82. The van der Waals surface area contributed by atoms with E-state index in [-0.39, 0.29) is 18.1 Å². The summed E-state index contributed by atoms with van der Waals surface area (Å²) >= 11 is 2.18. The van der Waals surface area contributed by atoms with Crippen molar-refractivity contribution >= 4 is 34.2 Å². The molecule has 0 bridgehead atoms. The predicted molar refractivity (Wildman–Crippen MR) is 94.0 cm³/mol. The Labute approximate surface area is 142 Å². The van der Waals surface area contributed by atoms with Crippen LogP contribution >= 0.6 is 22.6 Å². The third-order valence-corrected chi connectivity index (χ3v) is 3.76. The number of nitrogens with one attached hydrogen (secondary N) is 1. The molecule has 0 aliphatic heterocycles. The molecule has 1 amide bonds. The Balaban J connectivity index is 2.19. The molecule has 6 nitrogen and oxygen atoms in total. The summed E-state index contributed by atoms with van der Waals surface area (Å²) in [7, 11) is 0. The molecule has 0 saturated carbocycles. The second kappa shape index (κ2) is 6.23. The van der Waals surface area contributed by atoms with Crippen LogP contribution in [0.4, 0.5) is 5.69 Å². The highest BCUT2D eigenvalue weighted by atomic mass is 127. The number of aromatic nitrogens is 3. The van der Waals surface area contributed by atoms with Crippen molar-refractivity contribution in [3.05, 3.63) is 44.1 Å². The molecule has 0 radical (unpaired) electrons. The topological polar surface area (TPSA) is 68.9 Å². The lowest BCUT2D eigenvalue weighted by molar-refractivity contribution is -0.116. The van der Waals surface area contributed by atoms with Gasteiger partial charge >= 0.3 is 5.69 Å². The Hall–Kier alpha value is -1.64. The number of rotatable bonds is 3. The average Bonchev–Trinajstić information content (AvgIpc) is 2.66.